The molecular weight excluding hydrogens is 202 g/mol. The van der Waals surface area contributed by atoms with Crippen LogP contribution in [0, 0.1) is 0 Å². The maximum absolute atomic E-state index is 12.2. The molecule has 0 atom stereocenters. The summed E-state index contributed by atoms with van der Waals surface area (Å²) < 4.78 is 24.3. The molecule has 0 saturated carbocycles. The molecule has 0 aliphatic rings. The molecule has 0 aliphatic heterocycles. The molecule has 1 aromatic rings. The van der Waals surface area contributed by atoms with Crippen molar-refractivity contribution in [3.05, 3.63) is 22.3 Å². The minimum absolute atomic E-state index is 0.00870. The number of hydrogen-bond acceptors (Lipinski definition) is 3. The number of alkyl halides is 2. The third-order valence-corrected chi connectivity index (χ3v) is 1.70. The summed E-state index contributed by atoms with van der Waals surface area (Å²) in [5.41, 5.74) is 4.61. The van der Waals surface area contributed by atoms with Crippen LogP contribution < -0.4 is 5.73 Å². The third kappa shape index (κ3) is 1.92. The number of nitrogen functional groups attached to an aromatic ring is 1. The first-order valence-corrected chi connectivity index (χ1v) is 3.63. The number of pyridine rings is 1. The summed E-state index contributed by atoms with van der Waals surface area (Å²) in [6.07, 6.45) is -2.39. The van der Waals surface area contributed by atoms with Gasteiger partial charge >= 0.3 is 0 Å². The summed E-state index contributed by atoms with van der Waals surface area (Å²) in [5.74, 6) is -0.241. The number of carbonyl (C=O) groups is 1. The quantitative estimate of drug-likeness (QED) is 0.754. The summed E-state index contributed by atoms with van der Waals surface area (Å²) in [6.45, 7) is 0. The van der Waals surface area contributed by atoms with Crippen molar-refractivity contribution in [1.82, 2.24) is 4.98 Å². The Morgan fingerprint density at radius 2 is 2.23 bits per heavy atom. The van der Waals surface area contributed by atoms with Gasteiger partial charge in [0.25, 0.3) is 6.43 Å². The fourth-order valence-corrected chi connectivity index (χ4v) is 1.02. The van der Waals surface area contributed by atoms with Crippen LogP contribution in [0.1, 0.15) is 22.5 Å². The monoisotopic (exact) mass is 206 g/mol. The molecule has 0 radical (unpaired) electrons. The van der Waals surface area contributed by atoms with Gasteiger partial charge in [-0.2, -0.15) is 0 Å². The molecule has 1 aromatic heterocycles. The molecule has 70 valence electrons. The van der Waals surface area contributed by atoms with Crippen LogP contribution in [0.4, 0.5) is 14.6 Å². The molecule has 0 unspecified atom stereocenters. The Morgan fingerprint density at radius 1 is 1.62 bits per heavy atom. The number of anilines is 1. The van der Waals surface area contributed by atoms with Crippen LogP contribution >= 0.6 is 11.6 Å². The number of aldehydes is 1. The molecule has 0 spiro atoms. The maximum Gasteiger partial charge on any atom is 0.281 e. The lowest BCUT2D eigenvalue weighted by molar-refractivity contribution is 0.112. The zero-order chi connectivity index (χ0) is 10.0. The number of rotatable bonds is 2. The van der Waals surface area contributed by atoms with E-state index in [1.54, 1.807) is 0 Å². The summed E-state index contributed by atoms with van der Waals surface area (Å²) in [6, 6.07) is 1.07. The van der Waals surface area contributed by atoms with Crippen LogP contribution in [0.2, 0.25) is 5.02 Å². The van der Waals surface area contributed by atoms with E-state index in [1.165, 1.54) is 0 Å². The van der Waals surface area contributed by atoms with Gasteiger partial charge in [0.1, 0.15) is 11.5 Å². The predicted octanol–water partition coefficient (Wildman–Crippen LogP) is 2.07. The third-order valence-electron chi connectivity index (χ3n) is 1.40. The molecule has 0 amide bonds. The summed E-state index contributed by atoms with van der Waals surface area (Å²) in [7, 11) is 0. The number of hydrogen-bond donors (Lipinski definition) is 1. The molecule has 0 fully saturated rings. The Balaban J connectivity index is 3.28. The van der Waals surface area contributed by atoms with E-state index in [1.807, 2.05) is 0 Å². The van der Waals surface area contributed by atoms with Gasteiger partial charge in [0, 0.05) is 0 Å². The first-order chi connectivity index (χ1) is 6.06. The van der Waals surface area contributed by atoms with Gasteiger partial charge in [-0.05, 0) is 6.07 Å². The fourth-order valence-electron chi connectivity index (χ4n) is 0.780. The molecule has 13 heavy (non-hydrogen) atoms. The van der Waals surface area contributed by atoms with Crippen LogP contribution in [0.5, 0.6) is 0 Å². The normalized spacial score (nSPS) is 10.5. The van der Waals surface area contributed by atoms with E-state index in [4.69, 9.17) is 17.3 Å². The smallest absolute Gasteiger partial charge is 0.281 e. The Kier molecular flexibility index (Phi) is 2.77. The van der Waals surface area contributed by atoms with E-state index in [2.05, 4.69) is 4.98 Å². The molecule has 3 nitrogen and oxygen atoms in total. The average molecular weight is 207 g/mol. The predicted molar refractivity (Wildman–Crippen MR) is 44.0 cm³/mol. The Morgan fingerprint density at radius 3 is 2.69 bits per heavy atom. The fraction of sp³-hybridized carbons (Fsp3) is 0.143. The standard InChI is InChI=1S/C7H5ClF2N2O/c8-4-1-3(2-13)7(11)12-5(4)6(9)10/h1-2,6H,(H2,11,12). The molecule has 0 saturated heterocycles. The molecule has 1 rings (SSSR count). The van der Waals surface area contributed by atoms with Crippen molar-refractivity contribution in [3.63, 3.8) is 0 Å². The Hall–Kier alpha value is -1.23. The second-order valence-corrected chi connectivity index (χ2v) is 2.66. The van der Waals surface area contributed by atoms with Crippen molar-refractivity contribution in [3.8, 4) is 0 Å². The first kappa shape index (κ1) is 9.85. The molecule has 1 heterocycles. The molecule has 2 N–H and O–H groups in total. The average Bonchev–Trinajstić information content (AvgIpc) is 2.07. The lowest BCUT2D eigenvalue weighted by atomic mass is 10.2. The molecule has 0 bridgehead atoms. The van der Waals surface area contributed by atoms with E-state index in [0.717, 1.165) is 6.07 Å². The maximum atomic E-state index is 12.2. The highest BCUT2D eigenvalue weighted by molar-refractivity contribution is 6.31. The van der Waals surface area contributed by atoms with Crippen LogP contribution in [-0.2, 0) is 0 Å². The minimum Gasteiger partial charge on any atom is -0.383 e. The Bertz CT molecular complexity index is 344. The van der Waals surface area contributed by atoms with Gasteiger partial charge < -0.3 is 5.73 Å². The van der Waals surface area contributed by atoms with E-state index >= 15 is 0 Å². The summed E-state index contributed by atoms with van der Waals surface area (Å²) in [4.78, 5) is 13.6. The van der Waals surface area contributed by atoms with E-state index in [-0.39, 0.29) is 16.4 Å². The van der Waals surface area contributed by atoms with Crippen LogP contribution in [0.3, 0.4) is 0 Å². The molecule has 6 heteroatoms. The summed E-state index contributed by atoms with van der Waals surface area (Å²) >= 11 is 5.42. The van der Waals surface area contributed by atoms with Gasteiger partial charge in [0.15, 0.2) is 6.29 Å². The number of aromatic nitrogens is 1. The van der Waals surface area contributed by atoms with Gasteiger partial charge in [-0.25, -0.2) is 13.8 Å². The van der Waals surface area contributed by atoms with Crippen molar-refractivity contribution in [1.29, 1.82) is 0 Å². The van der Waals surface area contributed by atoms with Gasteiger partial charge in [-0.15, -0.1) is 0 Å². The molecular formula is C7H5ClF2N2O. The van der Waals surface area contributed by atoms with Crippen LogP contribution in [0.25, 0.3) is 0 Å². The SMILES string of the molecule is Nc1nc(C(F)F)c(Cl)cc1C=O. The van der Waals surface area contributed by atoms with Crippen molar-refractivity contribution < 1.29 is 13.6 Å². The second kappa shape index (κ2) is 3.66. The van der Waals surface area contributed by atoms with Crippen molar-refractivity contribution >= 4 is 23.7 Å². The lowest BCUT2D eigenvalue weighted by Gasteiger charge is -2.04. The minimum atomic E-state index is -2.80. The highest BCUT2D eigenvalue weighted by Gasteiger charge is 2.16. The number of carbonyl (C=O) groups excluding carboxylic acids is 1. The summed E-state index contributed by atoms with van der Waals surface area (Å²) in [5, 5.41) is -0.258. The zero-order valence-corrected chi connectivity index (χ0v) is 7.05. The van der Waals surface area contributed by atoms with E-state index in [0.29, 0.717) is 6.29 Å². The topological polar surface area (TPSA) is 56.0 Å². The van der Waals surface area contributed by atoms with Gasteiger partial charge in [0.05, 0.1) is 10.6 Å². The van der Waals surface area contributed by atoms with E-state index in [9.17, 15) is 13.6 Å². The zero-order valence-electron chi connectivity index (χ0n) is 6.30. The van der Waals surface area contributed by atoms with Crippen molar-refractivity contribution in [2.45, 2.75) is 6.43 Å². The number of nitrogens with two attached hydrogens (primary N) is 1. The highest BCUT2D eigenvalue weighted by atomic mass is 35.5. The van der Waals surface area contributed by atoms with Gasteiger partial charge in [0.2, 0.25) is 0 Å². The van der Waals surface area contributed by atoms with E-state index < -0.39 is 12.1 Å². The lowest BCUT2D eigenvalue weighted by Crippen LogP contribution is -2.01. The van der Waals surface area contributed by atoms with Crippen molar-refractivity contribution in [2.24, 2.45) is 0 Å². The number of halogens is 3. The molecule has 0 aliphatic carbocycles. The van der Waals surface area contributed by atoms with Crippen molar-refractivity contribution in [2.75, 3.05) is 5.73 Å². The van der Waals surface area contributed by atoms with Crippen LogP contribution in [-0.4, -0.2) is 11.3 Å². The largest absolute Gasteiger partial charge is 0.383 e. The second-order valence-electron chi connectivity index (χ2n) is 2.25. The number of nitrogens with zero attached hydrogens (tertiary/aromatic N) is 1. The first-order valence-electron chi connectivity index (χ1n) is 3.25. The highest BCUT2D eigenvalue weighted by Crippen LogP contribution is 2.27. The molecule has 0 aromatic carbocycles. The Labute approximate surface area is 77.5 Å². The van der Waals surface area contributed by atoms with Gasteiger partial charge in [-0.1, -0.05) is 11.6 Å². The van der Waals surface area contributed by atoms with Crippen LogP contribution in [0.15, 0.2) is 6.07 Å². The van der Waals surface area contributed by atoms with Gasteiger partial charge in [-0.3, -0.25) is 4.79 Å².